The number of ether oxygens (including phenoxy) is 3. The van der Waals surface area contributed by atoms with Gasteiger partial charge in [-0.15, -0.1) is 0 Å². The first-order valence-electron chi connectivity index (χ1n) is 10.6. The summed E-state index contributed by atoms with van der Waals surface area (Å²) >= 11 is 0. The fourth-order valence-corrected chi connectivity index (χ4v) is 5.06. The lowest BCUT2D eigenvalue weighted by molar-refractivity contribution is 0.0302. The number of nitrogens with one attached hydrogen (secondary N) is 1. The van der Waals surface area contributed by atoms with Gasteiger partial charge in [0.25, 0.3) is 5.91 Å². The van der Waals surface area contributed by atoms with Gasteiger partial charge in [0.15, 0.2) is 0 Å². The zero-order valence-electron chi connectivity index (χ0n) is 17.7. The van der Waals surface area contributed by atoms with E-state index < -0.39 is 0 Å². The third kappa shape index (κ3) is 2.93. The highest BCUT2D eigenvalue weighted by atomic mass is 16.5. The first-order valence-corrected chi connectivity index (χ1v) is 10.6. The number of anilines is 1. The van der Waals surface area contributed by atoms with E-state index in [9.17, 15) is 4.79 Å². The van der Waals surface area contributed by atoms with Crippen LogP contribution >= 0.6 is 0 Å². The van der Waals surface area contributed by atoms with Gasteiger partial charge in [0.2, 0.25) is 0 Å². The molecule has 1 amide bonds. The smallest absolute Gasteiger partial charge is 0.254 e. The molecule has 158 valence electrons. The van der Waals surface area contributed by atoms with E-state index in [4.69, 9.17) is 14.2 Å². The summed E-state index contributed by atoms with van der Waals surface area (Å²) in [5.41, 5.74) is 3.86. The highest BCUT2D eigenvalue weighted by molar-refractivity contribution is 5.95. The third-order valence-electron chi connectivity index (χ3n) is 6.87. The third-order valence-corrected chi connectivity index (χ3v) is 6.87. The Morgan fingerprint density at radius 3 is 2.77 bits per heavy atom. The number of nitrogens with zero attached hydrogens (tertiary/aromatic N) is 1. The second-order valence-electron chi connectivity index (χ2n) is 8.80. The Bertz CT molecular complexity index is 967. The Morgan fingerprint density at radius 2 is 2.00 bits per heavy atom. The highest BCUT2D eigenvalue weighted by Crippen LogP contribution is 2.54. The minimum absolute atomic E-state index is 0.0749. The van der Waals surface area contributed by atoms with E-state index in [1.165, 1.54) is 0 Å². The number of hydrogen-bond donors (Lipinski definition) is 1. The molecule has 2 aromatic rings. The van der Waals surface area contributed by atoms with Gasteiger partial charge in [0.05, 0.1) is 38.5 Å². The van der Waals surface area contributed by atoms with Crippen molar-refractivity contribution in [2.24, 2.45) is 5.92 Å². The Kier molecular flexibility index (Phi) is 4.62. The fourth-order valence-electron chi connectivity index (χ4n) is 5.06. The topological polar surface area (TPSA) is 60.0 Å². The predicted octanol–water partition coefficient (Wildman–Crippen LogP) is 3.62. The largest absolute Gasteiger partial charge is 0.496 e. The molecular weight excluding hydrogens is 380 g/mol. The summed E-state index contributed by atoms with van der Waals surface area (Å²) in [6.07, 6.45) is 0. The van der Waals surface area contributed by atoms with Crippen LogP contribution in [-0.4, -0.2) is 50.8 Å². The average Bonchev–Trinajstić information content (AvgIpc) is 2.78. The number of rotatable bonds is 2. The number of methoxy groups -OCH3 is 1. The second-order valence-corrected chi connectivity index (χ2v) is 8.80. The maximum absolute atomic E-state index is 13.0. The van der Waals surface area contributed by atoms with Crippen LogP contribution in [0.1, 0.15) is 41.4 Å². The van der Waals surface area contributed by atoms with E-state index in [-0.39, 0.29) is 23.3 Å². The molecule has 6 nitrogen and oxygen atoms in total. The van der Waals surface area contributed by atoms with Crippen LogP contribution < -0.4 is 14.8 Å². The van der Waals surface area contributed by atoms with E-state index in [0.29, 0.717) is 32.9 Å². The van der Waals surface area contributed by atoms with Crippen LogP contribution in [0.15, 0.2) is 36.4 Å². The molecule has 0 saturated carbocycles. The first-order chi connectivity index (χ1) is 14.5. The van der Waals surface area contributed by atoms with Crippen LogP contribution in [0.5, 0.6) is 11.5 Å². The van der Waals surface area contributed by atoms with Gasteiger partial charge in [-0.2, -0.15) is 0 Å². The normalized spacial score (nSPS) is 23.9. The number of amides is 1. The lowest BCUT2D eigenvalue weighted by Crippen LogP contribution is -2.47. The Hall–Kier alpha value is -2.73. The van der Waals surface area contributed by atoms with Crippen molar-refractivity contribution in [2.75, 3.05) is 45.3 Å². The van der Waals surface area contributed by atoms with E-state index >= 15 is 0 Å². The summed E-state index contributed by atoms with van der Waals surface area (Å²) in [4.78, 5) is 14.9. The standard InChI is InChI=1S/C24H28N2O4/c1-24(2)16-13-15(23(27)26-9-11-29-12-10-26)7-8-18(16)25-22-17(24)14-30-20-6-4-5-19(28-3)21(20)22/h4-8,13,17,22,25H,9-12,14H2,1-3H3/t17-,22-/m0/s1. The molecule has 0 unspecified atom stereocenters. The summed E-state index contributed by atoms with van der Waals surface area (Å²) < 4.78 is 17.2. The fraction of sp³-hybridized carbons (Fsp3) is 0.458. The number of carbonyl (C=O) groups is 1. The van der Waals surface area contributed by atoms with Crippen molar-refractivity contribution in [3.63, 3.8) is 0 Å². The van der Waals surface area contributed by atoms with Gasteiger partial charge in [-0.3, -0.25) is 4.79 Å². The molecule has 1 N–H and O–H groups in total. The van der Waals surface area contributed by atoms with Gasteiger partial charge in [-0.25, -0.2) is 0 Å². The molecule has 3 aliphatic heterocycles. The summed E-state index contributed by atoms with van der Waals surface area (Å²) in [7, 11) is 1.70. The van der Waals surface area contributed by atoms with Crippen molar-refractivity contribution in [2.45, 2.75) is 25.3 Å². The average molecular weight is 408 g/mol. The molecule has 0 radical (unpaired) electrons. The maximum Gasteiger partial charge on any atom is 0.254 e. The number of fused-ring (bicyclic) bond motifs is 4. The lowest BCUT2D eigenvalue weighted by Gasteiger charge is -2.48. The molecule has 3 aliphatic rings. The summed E-state index contributed by atoms with van der Waals surface area (Å²) in [5.74, 6) is 2.00. The monoisotopic (exact) mass is 408 g/mol. The Labute approximate surface area is 177 Å². The van der Waals surface area contributed by atoms with Crippen LogP contribution in [-0.2, 0) is 10.2 Å². The number of benzene rings is 2. The molecule has 3 heterocycles. The van der Waals surface area contributed by atoms with Crippen LogP contribution in [0.2, 0.25) is 0 Å². The Morgan fingerprint density at radius 1 is 1.20 bits per heavy atom. The van der Waals surface area contributed by atoms with Gasteiger partial charge >= 0.3 is 0 Å². The maximum atomic E-state index is 13.0. The first kappa shape index (κ1) is 19.2. The lowest BCUT2D eigenvalue weighted by atomic mass is 9.65. The molecule has 0 spiro atoms. The van der Waals surface area contributed by atoms with E-state index in [0.717, 1.165) is 33.9 Å². The highest BCUT2D eigenvalue weighted by Gasteiger charge is 2.47. The van der Waals surface area contributed by atoms with Gasteiger partial charge in [-0.05, 0) is 35.9 Å². The Balaban J connectivity index is 1.53. The van der Waals surface area contributed by atoms with E-state index in [1.54, 1.807) is 7.11 Å². The molecule has 2 atom stereocenters. The van der Waals surface area contributed by atoms with Crippen LogP contribution in [0, 0.1) is 5.92 Å². The van der Waals surface area contributed by atoms with Crippen molar-refractivity contribution in [3.8, 4) is 11.5 Å². The SMILES string of the molecule is COc1cccc2c1[C@H]1Nc3ccc(C(=O)N4CCOCC4)cc3C(C)(C)[C@H]1CO2. The van der Waals surface area contributed by atoms with Crippen molar-refractivity contribution >= 4 is 11.6 Å². The van der Waals surface area contributed by atoms with Crippen LogP contribution in [0.25, 0.3) is 0 Å². The zero-order chi connectivity index (χ0) is 20.9. The zero-order valence-corrected chi connectivity index (χ0v) is 17.7. The quantitative estimate of drug-likeness (QED) is 0.823. The second kappa shape index (κ2) is 7.20. The molecule has 0 aromatic heterocycles. The van der Waals surface area contributed by atoms with Gasteiger partial charge in [0, 0.05) is 35.7 Å². The predicted molar refractivity (Wildman–Crippen MR) is 115 cm³/mol. The van der Waals surface area contributed by atoms with E-state index in [1.807, 2.05) is 35.2 Å². The molecule has 2 aromatic carbocycles. The molecule has 30 heavy (non-hydrogen) atoms. The summed E-state index contributed by atoms with van der Waals surface area (Å²) in [5, 5.41) is 3.73. The number of morpholine rings is 1. The van der Waals surface area contributed by atoms with Gasteiger partial charge in [-0.1, -0.05) is 19.9 Å². The van der Waals surface area contributed by atoms with Gasteiger partial charge < -0.3 is 24.4 Å². The summed E-state index contributed by atoms with van der Waals surface area (Å²) in [6.45, 7) is 7.61. The van der Waals surface area contributed by atoms with Crippen LogP contribution in [0.3, 0.4) is 0 Å². The molecular formula is C24H28N2O4. The molecule has 6 heteroatoms. The molecule has 1 saturated heterocycles. The molecule has 0 bridgehead atoms. The number of hydrogen-bond acceptors (Lipinski definition) is 5. The molecule has 0 aliphatic carbocycles. The minimum Gasteiger partial charge on any atom is -0.496 e. The summed E-state index contributed by atoms with van der Waals surface area (Å²) in [6, 6.07) is 12.1. The van der Waals surface area contributed by atoms with Crippen molar-refractivity contribution in [3.05, 3.63) is 53.1 Å². The van der Waals surface area contributed by atoms with Gasteiger partial charge in [0.1, 0.15) is 11.5 Å². The van der Waals surface area contributed by atoms with Crippen molar-refractivity contribution in [1.29, 1.82) is 0 Å². The minimum atomic E-state index is -0.176. The number of carbonyl (C=O) groups excluding carboxylic acids is 1. The van der Waals surface area contributed by atoms with Crippen molar-refractivity contribution < 1.29 is 19.0 Å². The molecule has 5 rings (SSSR count). The van der Waals surface area contributed by atoms with Crippen molar-refractivity contribution in [1.82, 2.24) is 4.90 Å². The molecule has 1 fully saturated rings. The van der Waals surface area contributed by atoms with E-state index in [2.05, 4.69) is 25.2 Å². The van der Waals surface area contributed by atoms with Crippen LogP contribution in [0.4, 0.5) is 5.69 Å².